The highest BCUT2D eigenvalue weighted by molar-refractivity contribution is 7.89. The molecule has 1 aliphatic rings. The van der Waals surface area contributed by atoms with Gasteiger partial charge in [0.05, 0.1) is 23.0 Å². The molecule has 0 spiro atoms. The summed E-state index contributed by atoms with van der Waals surface area (Å²) in [6.45, 7) is 3.57. The Morgan fingerprint density at radius 1 is 1.04 bits per heavy atom. The number of rotatable bonds is 8. The lowest BCUT2D eigenvalue weighted by molar-refractivity contribution is -0.384. The van der Waals surface area contributed by atoms with Crippen molar-refractivity contribution >= 4 is 21.4 Å². The highest BCUT2D eigenvalue weighted by Gasteiger charge is 2.15. The summed E-state index contributed by atoms with van der Waals surface area (Å²) in [4.78, 5) is 12.4. The van der Waals surface area contributed by atoms with Gasteiger partial charge in [0.15, 0.2) is 0 Å². The molecule has 1 heterocycles. The lowest BCUT2D eigenvalue weighted by Gasteiger charge is -2.28. The van der Waals surface area contributed by atoms with Crippen LogP contribution >= 0.6 is 0 Å². The maximum absolute atomic E-state index is 12.2. The Morgan fingerprint density at radius 2 is 1.68 bits per heavy atom. The second-order valence-electron chi connectivity index (χ2n) is 6.52. The Hall–Kier alpha value is -2.49. The van der Waals surface area contributed by atoms with Gasteiger partial charge < -0.3 is 9.64 Å². The van der Waals surface area contributed by atoms with Crippen LogP contribution in [0.15, 0.2) is 53.4 Å². The fraction of sp³-hybridized carbons (Fsp3) is 0.368. The van der Waals surface area contributed by atoms with Gasteiger partial charge in [-0.05, 0) is 42.7 Å². The Bertz CT molecular complexity index is 892. The van der Waals surface area contributed by atoms with Crippen molar-refractivity contribution in [2.75, 3.05) is 37.7 Å². The predicted octanol–water partition coefficient (Wildman–Crippen LogP) is 2.34. The summed E-state index contributed by atoms with van der Waals surface area (Å²) in [5, 5.41) is 10.7. The molecule has 1 saturated heterocycles. The van der Waals surface area contributed by atoms with Crippen LogP contribution in [-0.2, 0) is 21.2 Å². The fourth-order valence-electron chi connectivity index (χ4n) is 3.02. The summed E-state index contributed by atoms with van der Waals surface area (Å²) >= 11 is 0. The van der Waals surface area contributed by atoms with Crippen molar-refractivity contribution in [1.29, 1.82) is 0 Å². The van der Waals surface area contributed by atoms with E-state index in [1.54, 1.807) is 0 Å². The molecule has 0 atom stereocenters. The molecule has 28 heavy (non-hydrogen) atoms. The van der Waals surface area contributed by atoms with Crippen LogP contribution in [0.4, 0.5) is 11.4 Å². The summed E-state index contributed by atoms with van der Waals surface area (Å²) in [6.07, 6.45) is 1.41. The largest absolute Gasteiger partial charge is 0.378 e. The minimum atomic E-state index is -3.67. The maximum Gasteiger partial charge on any atom is 0.269 e. The average molecular weight is 405 g/mol. The van der Waals surface area contributed by atoms with E-state index in [2.05, 4.69) is 33.9 Å². The summed E-state index contributed by atoms with van der Waals surface area (Å²) in [5.41, 5.74) is 2.18. The number of hydrogen-bond acceptors (Lipinski definition) is 6. The molecule has 0 aliphatic carbocycles. The molecule has 0 bridgehead atoms. The van der Waals surface area contributed by atoms with E-state index in [4.69, 9.17) is 4.74 Å². The monoisotopic (exact) mass is 405 g/mol. The Labute approximate surface area is 164 Å². The van der Waals surface area contributed by atoms with Crippen LogP contribution < -0.4 is 9.62 Å². The van der Waals surface area contributed by atoms with E-state index in [0.29, 0.717) is 13.0 Å². The Morgan fingerprint density at radius 3 is 2.29 bits per heavy atom. The smallest absolute Gasteiger partial charge is 0.269 e. The number of non-ortho nitro benzene ring substituents is 1. The van der Waals surface area contributed by atoms with Crippen LogP contribution in [0.5, 0.6) is 0 Å². The van der Waals surface area contributed by atoms with Crippen molar-refractivity contribution in [3.63, 3.8) is 0 Å². The molecule has 8 nitrogen and oxygen atoms in total. The van der Waals surface area contributed by atoms with E-state index in [9.17, 15) is 18.5 Å². The van der Waals surface area contributed by atoms with Crippen molar-refractivity contribution < 1.29 is 18.1 Å². The summed E-state index contributed by atoms with van der Waals surface area (Å²) in [6, 6.07) is 13.2. The predicted molar refractivity (Wildman–Crippen MR) is 106 cm³/mol. The van der Waals surface area contributed by atoms with Crippen molar-refractivity contribution in [3.05, 3.63) is 64.2 Å². The molecular weight excluding hydrogens is 382 g/mol. The lowest BCUT2D eigenvalue weighted by atomic mass is 10.1. The number of benzene rings is 2. The summed E-state index contributed by atoms with van der Waals surface area (Å²) in [5.74, 6) is 0. The first-order valence-corrected chi connectivity index (χ1v) is 10.6. The number of nitrogens with zero attached hydrogens (tertiary/aromatic N) is 2. The third-order valence-corrected chi connectivity index (χ3v) is 6.08. The first-order chi connectivity index (χ1) is 13.5. The number of ether oxygens (including phenoxy) is 1. The second-order valence-corrected chi connectivity index (χ2v) is 8.29. The molecule has 0 saturated carbocycles. The zero-order chi connectivity index (χ0) is 20.0. The van der Waals surface area contributed by atoms with Gasteiger partial charge in [0, 0.05) is 37.5 Å². The van der Waals surface area contributed by atoms with Gasteiger partial charge in [-0.2, -0.15) is 0 Å². The highest BCUT2D eigenvalue weighted by Crippen LogP contribution is 2.18. The van der Waals surface area contributed by atoms with Crippen molar-refractivity contribution in [3.8, 4) is 0 Å². The number of aryl methyl sites for hydroxylation is 1. The molecule has 2 aromatic rings. The number of nitro benzene ring substituents is 1. The Kier molecular flexibility index (Phi) is 6.61. The van der Waals surface area contributed by atoms with Crippen LogP contribution in [0.3, 0.4) is 0 Å². The molecular formula is C19H23N3O5S. The summed E-state index contributed by atoms with van der Waals surface area (Å²) in [7, 11) is -3.67. The third-order valence-electron chi connectivity index (χ3n) is 4.60. The fourth-order valence-corrected chi connectivity index (χ4v) is 4.10. The quantitative estimate of drug-likeness (QED) is 0.411. The molecule has 2 aromatic carbocycles. The third kappa shape index (κ3) is 5.28. The molecule has 150 valence electrons. The van der Waals surface area contributed by atoms with Crippen LogP contribution in [0.1, 0.15) is 12.0 Å². The van der Waals surface area contributed by atoms with E-state index < -0.39 is 14.9 Å². The molecule has 3 rings (SSSR count). The van der Waals surface area contributed by atoms with E-state index in [0.717, 1.165) is 38.3 Å². The van der Waals surface area contributed by atoms with Gasteiger partial charge in [-0.15, -0.1) is 0 Å². The van der Waals surface area contributed by atoms with Gasteiger partial charge in [0.1, 0.15) is 0 Å². The number of sulfonamides is 1. The van der Waals surface area contributed by atoms with E-state index >= 15 is 0 Å². The summed E-state index contributed by atoms with van der Waals surface area (Å²) < 4.78 is 32.4. The molecule has 0 radical (unpaired) electrons. The highest BCUT2D eigenvalue weighted by atomic mass is 32.2. The zero-order valence-corrected chi connectivity index (χ0v) is 16.2. The normalized spacial score (nSPS) is 14.8. The molecule has 0 unspecified atom stereocenters. The SMILES string of the molecule is O=[N+]([O-])c1ccc(S(=O)(=O)NCCCc2ccc(N3CCOCC3)cc2)cc1. The number of morpholine rings is 1. The first-order valence-electron chi connectivity index (χ1n) is 9.11. The molecule has 9 heteroatoms. The van der Waals surface area contributed by atoms with Gasteiger partial charge in [-0.1, -0.05) is 12.1 Å². The second kappa shape index (κ2) is 9.13. The lowest BCUT2D eigenvalue weighted by Crippen LogP contribution is -2.36. The van der Waals surface area contributed by atoms with Gasteiger partial charge >= 0.3 is 0 Å². The standard InChI is InChI=1S/C19H23N3O5S/c23-22(24)18-7-9-19(10-8-18)28(25,26)20-11-1-2-16-3-5-17(6-4-16)21-12-14-27-15-13-21/h3-10,20H,1-2,11-15H2. The van der Waals surface area contributed by atoms with Crippen LogP contribution in [0.25, 0.3) is 0 Å². The van der Waals surface area contributed by atoms with Crippen molar-refractivity contribution in [1.82, 2.24) is 4.72 Å². The number of nitrogens with one attached hydrogen (secondary N) is 1. The average Bonchev–Trinajstić information content (AvgIpc) is 2.72. The first kappa shape index (κ1) is 20.2. The Balaban J connectivity index is 1.47. The van der Waals surface area contributed by atoms with E-state index in [1.807, 2.05) is 0 Å². The zero-order valence-electron chi connectivity index (χ0n) is 15.4. The van der Waals surface area contributed by atoms with Gasteiger partial charge in [-0.25, -0.2) is 13.1 Å². The van der Waals surface area contributed by atoms with Crippen LogP contribution in [0, 0.1) is 10.1 Å². The van der Waals surface area contributed by atoms with Gasteiger partial charge in [0.25, 0.3) is 5.69 Å². The van der Waals surface area contributed by atoms with E-state index in [-0.39, 0.29) is 10.6 Å². The minimum absolute atomic E-state index is 0.0213. The van der Waals surface area contributed by atoms with Crippen molar-refractivity contribution in [2.45, 2.75) is 17.7 Å². The van der Waals surface area contributed by atoms with Crippen LogP contribution in [0.2, 0.25) is 0 Å². The van der Waals surface area contributed by atoms with Gasteiger partial charge in [-0.3, -0.25) is 10.1 Å². The van der Waals surface area contributed by atoms with E-state index in [1.165, 1.54) is 30.0 Å². The maximum atomic E-state index is 12.2. The van der Waals surface area contributed by atoms with Gasteiger partial charge in [0.2, 0.25) is 10.0 Å². The molecule has 0 aromatic heterocycles. The molecule has 0 amide bonds. The molecule has 1 aliphatic heterocycles. The topological polar surface area (TPSA) is 102 Å². The number of nitro groups is 1. The number of hydrogen-bond donors (Lipinski definition) is 1. The molecule has 1 fully saturated rings. The number of anilines is 1. The molecule has 1 N–H and O–H groups in total. The minimum Gasteiger partial charge on any atom is -0.378 e. The van der Waals surface area contributed by atoms with Crippen LogP contribution in [-0.4, -0.2) is 46.2 Å². The van der Waals surface area contributed by atoms with Crippen molar-refractivity contribution in [2.24, 2.45) is 0 Å².